The summed E-state index contributed by atoms with van der Waals surface area (Å²) in [6, 6.07) is 0. The first kappa shape index (κ1) is 22.5. The molecule has 0 radical (unpaired) electrons. The number of aliphatic carboxylic acids is 2. The SMILES string of the molecule is C=C(C)C(=O)O.C=C(C)C(=O)O.CC(O)CCCO. The Morgan fingerprint density at radius 1 is 1.05 bits per heavy atom. The van der Waals surface area contributed by atoms with E-state index < -0.39 is 11.9 Å². The van der Waals surface area contributed by atoms with Crippen molar-refractivity contribution in [1.29, 1.82) is 0 Å². The average Bonchev–Trinajstić information content (AvgIpc) is 2.27. The lowest BCUT2D eigenvalue weighted by molar-refractivity contribution is -0.133. The fourth-order valence-electron chi connectivity index (χ4n) is 0.387. The molecule has 0 rings (SSSR count). The molecule has 0 aromatic carbocycles. The maximum absolute atomic E-state index is 9.60. The lowest BCUT2D eigenvalue weighted by Crippen LogP contribution is -1.99. The van der Waals surface area contributed by atoms with E-state index in [0.717, 1.165) is 0 Å². The van der Waals surface area contributed by atoms with E-state index in [4.69, 9.17) is 20.4 Å². The summed E-state index contributed by atoms with van der Waals surface area (Å²) in [5.41, 5.74) is 0.352. The Labute approximate surface area is 113 Å². The smallest absolute Gasteiger partial charge is 0.330 e. The molecule has 1 atom stereocenters. The zero-order chi connectivity index (χ0) is 16.0. The molecule has 0 aromatic heterocycles. The predicted molar refractivity (Wildman–Crippen MR) is 72.9 cm³/mol. The molecule has 19 heavy (non-hydrogen) atoms. The van der Waals surface area contributed by atoms with Gasteiger partial charge in [0.1, 0.15) is 0 Å². The van der Waals surface area contributed by atoms with Crippen LogP contribution in [0.3, 0.4) is 0 Å². The highest BCUT2D eigenvalue weighted by Crippen LogP contribution is 1.92. The zero-order valence-electron chi connectivity index (χ0n) is 11.7. The Bertz CT molecular complexity index is 246. The summed E-state index contributed by atoms with van der Waals surface area (Å²) in [6.07, 6.45) is 1.15. The summed E-state index contributed by atoms with van der Waals surface area (Å²) < 4.78 is 0. The van der Waals surface area contributed by atoms with Crippen LogP contribution in [0.25, 0.3) is 0 Å². The van der Waals surface area contributed by atoms with Crippen molar-refractivity contribution in [3.05, 3.63) is 24.3 Å². The van der Waals surface area contributed by atoms with E-state index in [0.29, 0.717) is 12.8 Å². The lowest BCUT2D eigenvalue weighted by atomic mass is 10.2. The highest BCUT2D eigenvalue weighted by molar-refractivity contribution is 5.85. The van der Waals surface area contributed by atoms with Crippen LogP contribution in [0.2, 0.25) is 0 Å². The van der Waals surface area contributed by atoms with Gasteiger partial charge in [0, 0.05) is 17.8 Å². The van der Waals surface area contributed by atoms with Crippen LogP contribution in [-0.4, -0.2) is 45.1 Å². The fraction of sp³-hybridized carbons (Fsp3) is 0.538. The Morgan fingerprint density at radius 2 is 1.32 bits per heavy atom. The van der Waals surface area contributed by atoms with Crippen LogP contribution in [-0.2, 0) is 9.59 Å². The third-order valence-corrected chi connectivity index (χ3v) is 1.51. The third kappa shape index (κ3) is 31.4. The van der Waals surface area contributed by atoms with Gasteiger partial charge < -0.3 is 20.4 Å². The molecule has 6 nitrogen and oxygen atoms in total. The zero-order valence-corrected chi connectivity index (χ0v) is 11.7. The van der Waals surface area contributed by atoms with Crippen LogP contribution in [0.1, 0.15) is 33.6 Å². The topological polar surface area (TPSA) is 115 Å². The average molecular weight is 276 g/mol. The molecule has 0 fully saturated rings. The van der Waals surface area contributed by atoms with Crippen molar-refractivity contribution in [3.8, 4) is 0 Å². The molecule has 0 saturated carbocycles. The second-order valence-electron chi connectivity index (χ2n) is 3.89. The molecule has 0 heterocycles. The van der Waals surface area contributed by atoms with E-state index >= 15 is 0 Å². The van der Waals surface area contributed by atoms with E-state index in [1.807, 2.05) is 0 Å². The van der Waals surface area contributed by atoms with Gasteiger partial charge in [-0.05, 0) is 33.6 Å². The second kappa shape index (κ2) is 14.4. The van der Waals surface area contributed by atoms with Gasteiger partial charge in [-0.3, -0.25) is 0 Å². The first-order valence-corrected chi connectivity index (χ1v) is 5.62. The van der Waals surface area contributed by atoms with Crippen LogP contribution < -0.4 is 0 Å². The van der Waals surface area contributed by atoms with Crippen LogP contribution in [0.4, 0.5) is 0 Å². The minimum absolute atomic E-state index is 0.176. The van der Waals surface area contributed by atoms with Crippen molar-refractivity contribution in [2.45, 2.75) is 39.7 Å². The lowest BCUT2D eigenvalue weighted by Gasteiger charge is -1.98. The second-order valence-corrected chi connectivity index (χ2v) is 3.89. The van der Waals surface area contributed by atoms with Gasteiger partial charge in [-0.1, -0.05) is 13.2 Å². The number of aliphatic hydroxyl groups excluding tert-OH is 2. The highest BCUT2D eigenvalue weighted by Gasteiger charge is 1.91. The van der Waals surface area contributed by atoms with Gasteiger partial charge in [-0.25, -0.2) is 9.59 Å². The summed E-state index contributed by atoms with van der Waals surface area (Å²) in [5, 5.41) is 32.6. The molecule has 0 saturated heterocycles. The van der Waals surface area contributed by atoms with Crippen LogP contribution >= 0.6 is 0 Å². The summed E-state index contributed by atoms with van der Waals surface area (Å²) >= 11 is 0. The molecular formula is C13H24O6. The Morgan fingerprint density at radius 3 is 1.37 bits per heavy atom. The third-order valence-electron chi connectivity index (χ3n) is 1.51. The number of hydrogen-bond acceptors (Lipinski definition) is 4. The van der Waals surface area contributed by atoms with Gasteiger partial charge in [-0.15, -0.1) is 0 Å². The van der Waals surface area contributed by atoms with Gasteiger partial charge >= 0.3 is 11.9 Å². The predicted octanol–water partition coefficient (Wildman–Crippen LogP) is 1.43. The van der Waals surface area contributed by atoms with E-state index in [1.54, 1.807) is 6.92 Å². The van der Waals surface area contributed by atoms with E-state index in [9.17, 15) is 9.59 Å². The van der Waals surface area contributed by atoms with E-state index in [2.05, 4.69) is 13.2 Å². The number of carbonyl (C=O) groups is 2. The van der Waals surface area contributed by atoms with Crippen molar-refractivity contribution in [1.82, 2.24) is 0 Å². The Balaban J connectivity index is -0.000000203. The molecule has 0 spiro atoms. The molecule has 0 aliphatic heterocycles. The first-order valence-electron chi connectivity index (χ1n) is 5.62. The van der Waals surface area contributed by atoms with E-state index in [-0.39, 0.29) is 23.9 Å². The molecule has 0 aliphatic rings. The molecule has 4 N–H and O–H groups in total. The number of hydrogen-bond donors (Lipinski definition) is 4. The Hall–Kier alpha value is -1.66. The monoisotopic (exact) mass is 276 g/mol. The quantitative estimate of drug-likeness (QED) is 0.565. The van der Waals surface area contributed by atoms with Gasteiger partial charge in [0.25, 0.3) is 0 Å². The molecule has 0 aliphatic carbocycles. The van der Waals surface area contributed by atoms with Gasteiger partial charge in [0.15, 0.2) is 0 Å². The summed E-state index contributed by atoms with van der Waals surface area (Å²) in [4.78, 5) is 19.2. The molecule has 0 bridgehead atoms. The molecule has 0 aromatic rings. The van der Waals surface area contributed by atoms with Crippen molar-refractivity contribution in [3.63, 3.8) is 0 Å². The molecule has 112 valence electrons. The van der Waals surface area contributed by atoms with Gasteiger partial charge in [-0.2, -0.15) is 0 Å². The maximum Gasteiger partial charge on any atom is 0.330 e. The Kier molecular flexibility index (Phi) is 17.1. The van der Waals surface area contributed by atoms with Crippen LogP contribution in [0.5, 0.6) is 0 Å². The number of aliphatic hydroxyl groups is 2. The molecule has 0 amide bonds. The molecular weight excluding hydrogens is 252 g/mol. The van der Waals surface area contributed by atoms with Crippen molar-refractivity contribution >= 4 is 11.9 Å². The normalized spacial score (nSPS) is 9.95. The minimum atomic E-state index is -0.935. The van der Waals surface area contributed by atoms with Crippen LogP contribution in [0, 0.1) is 0 Å². The number of carboxylic acids is 2. The standard InChI is InChI=1S/C5H12O2.2C4H6O2/c1-5(7)3-2-4-6;2*1-3(2)4(5)6/h5-7H,2-4H2,1H3;2*1H2,2H3,(H,5,6). The summed E-state index contributed by atoms with van der Waals surface area (Å²) in [5.74, 6) is -1.87. The van der Waals surface area contributed by atoms with Gasteiger partial charge in [0.05, 0.1) is 6.10 Å². The molecule has 1 unspecified atom stereocenters. The number of rotatable bonds is 5. The van der Waals surface area contributed by atoms with Crippen molar-refractivity contribution < 1.29 is 30.0 Å². The first-order chi connectivity index (χ1) is 8.56. The maximum atomic E-state index is 9.60. The highest BCUT2D eigenvalue weighted by atomic mass is 16.4. The largest absolute Gasteiger partial charge is 0.478 e. The summed E-state index contributed by atoms with van der Waals surface area (Å²) in [6.45, 7) is 11.1. The minimum Gasteiger partial charge on any atom is -0.478 e. The summed E-state index contributed by atoms with van der Waals surface area (Å²) in [7, 11) is 0. The van der Waals surface area contributed by atoms with Crippen molar-refractivity contribution in [2.75, 3.05) is 6.61 Å². The van der Waals surface area contributed by atoms with E-state index in [1.165, 1.54) is 13.8 Å². The number of carboxylic acid groups (broad SMARTS) is 2. The van der Waals surface area contributed by atoms with Crippen LogP contribution in [0.15, 0.2) is 24.3 Å². The molecule has 6 heteroatoms. The fourth-order valence-corrected chi connectivity index (χ4v) is 0.387. The van der Waals surface area contributed by atoms with Crippen molar-refractivity contribution in [2.24, 2.45) is 0 Å². The van der Waals surface area contributed by atoms with Gasteiger partial charge in [0.2, 0.25) is 0 Å².